The Balaban J connectivity index is 1.53. The highest BCUT2D eigenvalue weighted by Gasteiger charge is 2.26. The van der Waals surface area contributed by atoms with Crippen LogP contribution in [0.5, 0.6) is 0 Å². The van der Waals surface area contributed by atoms with Gasteiger partial charge in [0.2, 0.25) is 11.8 Å². The minimum atomic E-state index is -1.32. The number of aliphatic hydroxyl groups is 2. The van der Waals surface area contributed by atoms with E-state index in [4.69, 9.17) is 4.42 Å². The number of aliphatic hydroxyl groups excluding tert-OH is 1. The summed E-state index contributed by atoms with van der Waals surface area (Å²) < 4.78 is 7.35. The maximum absolute atomic E-state index is 12.0. The van der Waals surface area contributed by atoms with Crippen LogP contribution in [0.3, 0.4) is 0 Å². The van der Waals surface area contributed by atoms with E-state index in [1.54, 1.807) is 37.7 Å². The number of H-pyrrole nitrogens is 1. The third kappa shape index (κ3) is 4.92. The van der Waals surface area contributed by atoms with Gasteiger partial charge in [0.1, 0.15) is 11.4 Å². The molecule has 0 unspecified atom stereocenters. The van der Waals surface area contributed by atoms with Gasteiger partial charge in [0, 0.05) is 18.9 Å². The summed E-state index contributed by atoms with van der Waals surface area (Å²) in [6, 6.07) is 14.2. The van der Waals surface area contributed by atoms with Gasteiger partial charge in [-0.1, -0.05) is 30.3 Å². The molecule has 0 aliphatic carbocycles. The molecule has 5 rings (SSSR count). The Morgan fingerprint density at radius 1 is 1.16 bits per heavy atom. The largest absolute Gasteiger partial charge is 0.417 e. The first-order valence-corrected chi connectivity index (χ1v) is 11.5. The van der Waals surface area contributed by atoms with Gasteiger partial charge in [-0.3, -0.25) is 14.6 Å². The Kier molecular flexibility index (Phi) is 6.19. The zero-order valence-electron chi connectivity index (χ0n) is 20.4. The number of aromatic amines is 1. The van der Waals surface area contributed by atoms with Crippen molar-refractivity contribution in [2.75, 3.05) is 17.2 Å². The number of nitrogens with zero attached hydrogens (tertiary/aromatic N) is 5. The lowest BCUT2D eigenvalue weighted by Crippen LogP contribution is -2.17. The summed E-state index contributed by atoms with van der Waals surface area (Å²) in [5, 5.41) is 38.1. The molecule has 0 spiro atoms. The van der Waals surface area contributed by atoms with Gasteiger partial charge in [-0.05, 0) is 37.6 Å². The van der Waals surface area contributed by atoms with E-state index in [-0.39, 0.29) is 29.9 Å². The van der Waals surface area contributed by atoms with Gasteiger partial charge in [0.25, 0.3) is 11.4 Å². The van der Waals surface area contributed by atoms with Crippen LogP contribution in [0.25, 0.3) is 22.4 Å². The van der Waals surface area contributed by atoms with Crippen LogP contribution >= 0.6 is 0 Å². The number of anilines is 3. The number of aryl methyl sites for hydroxylation is 1. The number of hydrogen-bond acceptors (Lipinski definition) is 10. The number of nitrogens with one attached hydrogen (secondary N) is 3. The molecule has 1 atom stereocenters. The van der Waals surface area contributed by atoms with Gasteiger partial charge in [0.05, 0.1) is 29.1 Å². The summed E-state index contributed by atoms with van der Waals surface area (Å²) >= 11 is 0. The fourth-order valence-electron chi connectivity index (χ4n) is 3.85. The molecule has 0 aliphatic rings. The van der Waals surface area contributed by atoms with Crippen molar-refractivity contribution in [1.82, 2.24) is 29.9 Å². The zero-order chi connectivity index (χ0) is 26.2. The summed E-state index contributed by atoms with van der Waals surface area (Å²) in [6.45, 7) is 2.88. The van der Waals surface area contributed by atoms with E-state index in [0.717, 1.165) is 11.1 Å². The smallest absolute Gasteiger partial charge is 0.271 e. The van der Waals surface area contributed by atoms with Crippen molar-refractivity contribution in [3.8, 4) is 11.5 Å². The molecule has 2 aromatic carbocycles. The lowest BCUT2D eigenvalue weighted by atomic mass is 10.1. The molecule has 0 bridgehead atoms. The molecule has 3 heterocycles. The third-order valence-electron chi connectivity index (χ3n) is 5.79. The van der Waals surface area contributed by atoms with Crippen LogP contribution in [-0.4, -0.2) is 46.8 Å². The summed E-state index contributed by atoms with van der Waals surface area (Å²) in [7, 11) is 1.76. The molecule has 3 aromatic heterocycles. The molecular formula is C25H26N8O4. The molecule has 0 aliphatic heterocycles. The van der Waals surface area contributed by atoms with Crippen molar-refractivity contribution in [3.05, 3.63) is 76.5 Å². The molecule has 5 N–H and O–H groups in total. The minimum Gasteiger partial charge on any atom is -0.417 e. The van der Waals surface area contributed by atoms with Crippen molar-refractivity contribution in [3.63, 3.8) is 0 Å². The fourth-order valence-corrected chi connectivity index (χ4v) is 3.85. The van der Waals surface area contributed by atoms with Crippen molar-refractivity contribution < 1.29 is 14.6 Å². The predicted octanol–water partition coefficient (Wildman–Crippen LogP) is 2.82. The van der Waals surface area contributed by atoms with E-state index in [1.807, 2.05) is 36.4 Å². The number of rotatable bonds is 8. The van der Waals surface area contributed by atoms with Crippen LogP contribution in [0.4, 0.5) is 17.5 Å². The Hall–Kier alpha value is -4.55. The number of hydrogen-bond donors (Lipinski definition) is 5. The van der Waals surface area contributed by atoms with E-state index in [1.165, 1.54) is 6.20 Å². The maximum Gasteiger partial charge on any atom is 0.271 e. The quantitative estimate of drug-likeness (QED) is 0.213. The van der Waals surface area contributed by atoms with E-state index in [2.05, 4.69) is 35.9 Å². The second-order valence-electron chi connectivity index (χ2n) is 9.07. The highest BCUT2D eigenvalue weighted by molar-refractivity contribution is 5.83. The van der Waals surface area contributed by atoms with Crippen LogP contribution in [-0.2, 0) is 12.6 Å². The van der Waals surface area contributed by atoms with Gasteiger partial charge in [-0.25, -0.2) is 4.98 Å². The molecule has 0 saturated heterocycles. The van der Waals surface area contributed by atoms with Gasteiger partial charge >= 0.3 is 0 Å². The van der Waals surface area contributed by atoms with Crippen LogP contribution in [0.15, 0.2) is 63.9 Å². The normalized spacial score (nSPS) is 12.6. The average molecular weight is 503 g/mol. The summed E-state index contributed by atoms with van der Waals surface area (Å²) in [4.78, 5) is 21.0. The topological polar surface area (TPSA) is 167 Å². The average Bonchev–Trinajstić information content (AvgIpc) is 3.48. The standard InChI is InChI=1S/C25H26N8O4/c1-25(2,36)23-31-30-22(37-23)17-12-26-24(27-15-9-10-16-19(11-15)33(3)32-21(16)35)29-20(17)28-18(13-34)14-7-5-4-6-8-14/h4-12,18,34,36H,13H2,1-3H3,(H,32,35)(H2,26,27,28,29)/t18-/m1/s1. The molecule has 12 nitrogen and oxygen atoms in total. The maximum atomic E-state index is 12.0. The first kappa shape index (κ1) is 24.2. The first-order chi connectivity index (χ1) is 17.7. The lowest BCUT2D eigenvalue weighted by Gasteiger charge is -2.19. The lowest BCUT2D eigenvalue weighted by molar-refractivity contribution is 0.0488. The molecule has 0 fully saturated rings. The molecular weight excluding hydrogens is 476 g/mol. The fraction of sp³-hybridized carbons (Fsp3) is 0.240. The third-order valence-corrected chi connectivity index (χ3v) is 5.79. The van der Waals surface area contributed by atoms with Gasteiger partial charge in [0.15, 0.2) is 0 Å². The molecule has 190 valence electrons. The molecule has 0 amide bonds. The predicted molar refractivity (Wildman–Crippen MR) is 137 cm³/mol. The second kappa shape index (κ2) is 9.48. The summed E-state index contributed by atoms with van der Waals surface area (Å²) in [5.74, 6) is 0.752. The molecule has 0 radical (unpaired) electrons. The number of fused-ring (bicyclic) bond motifs is 1. The molecule has 37 heavy (non-hydrogen) atoms. The van der Waals surface area contributed by atoms with Crippen molar-refractivity contribution in [1.29, 1.82) is 0 Å². The number of aromatic nitrogens is 6. The Bertz CT molecular complexity index is 1600. The Morgan fingerprint density at radius 2 is 1.95 bits per heavy atom. The Labute approximate surface area is 211 Å². The highest BCUT2D eigenvalue weighted by Crippen LogP contribution is 2.31. The van der Waals surface area contributed by atoms with E-state index in [9.17, 15) is 15.0 Å². The van der Waals surface area contributed by atoms with Crippen molar-refractivity contribution in [2.45, 2.75) is 25.5 Å². The monoisotopic (exact) mass is 502 g/mol. The Morgan fingerprint density at radius 3 is 2.65 bits per heavy atom. The van der Waals surface area contributed by atoms with Crippen molar-refractivity contribution in [2.24, 2.45) is 7.05 Å². The molecule has 0 saturated carbocycles. The highest BCUT2D eigenvalue weighted by atomic mass is 16.4. The van der Waals surface area contributed by atoms with Crippen LogP contribution in [0.1, 0.15) is 31.3 Å². The van der Waals surface area contributed by atoms with Crippen LogP contribution in [0.2, 0.25) is 0 Å². The number of benzene rings is 2. The van der Waals surface area contributed by atoms with Crippen molar-refractivity contribution >= 4 is 28.4 Å². The van der Waals surface area contributed by atoms with Crippen LogP contribution in [0, 0.1) is 0 Å². The van der Waals surface area contributed by atoms with E-state index < -0.39 is 11.6 Å². The minimum absolute atomic E-state index is 0.0443. The summed E-state index contributed by atoms with van der Waals surface area (Å²) in [5.41, 5.74) is 1.15. The van der Waals surface area contributed by atoms with E-state index in [0.29, 0.717) is 22.5 Å². The van der Waals surface area contributed by atoms with Gasteiger partial charge < -0.3 is 25.3 Å². The SMILES string of the molecule is Cn1[nH]c(=O)c2ccc(Nc3ncc(-c4nnc(C(C)(C)O)o4)c(N[C@H](CO)c4ccccc4)n3)cc21. The molecule has 12 heteroatoms. The van der Waals surface area contributed by atoms with Gasteiger partial charge in [-0.2, -0.15) is 4.98 Å². The molecule has 5 aromatic rings. The zero-order valence-corrected chi connectivity index (χ0v) is 20.4. The first-order valence-electron chi connectivity index (χ1n) is 11.5. The summed E-state index contributed by atoms with van der Waals surface area (Å²) in [6.07, 6.45) is 1.52. The van der Waals surface area contributed by atoms with Crippen LogP contribution < -0.4 is 16.2 Å². The van der Waals surface area contributed by atoms with E-state index >= 15 is 0 Å². The second-order valence-corrected chi connectivity index (χ2v) is 9.07. The van der Waals surface area contributed by atoms with Gasteiger partial charge in [-0.15, -0.1) is 10.2 Å².